The lowest BCUT2D eigenvalue weighted by molar-refractivity contribution is 0.109. The van der Waals surface area contributed by atoms with Gasteiger partial charge in [0, 0.05) is 26.2 Å². The molecule has 0 aliphatic carbocycles. The summed E-state index contributed by atoms with van der Waals surface area (Å²) in [4.78, 5) is 13.6. The minimum atomic E-state index is -3.59. The molecule has 1 saturated heterocycles. The summed E-state index contributed by atoms with van der Waals surface area (Å²) >= 11 is 0. The smallest absolute Gasteiger partial charge is 0.409 e. The van der Waals surface area contributed by atoms with Crippen LogP contribution < -0.4 is 4.74 Å². The van der Waals surface area contributed by atoms with Crippen LogP contribution in [0.3, 0.4) is 0 Å². The van der Waals surface area contributed by atoms with Crippen LogP contribution in [0, 0.1) is 0 Å². The maximum Gasteiger partial charge on any atom is 0.409 e. The highest BCUT2D eigenvalue weighted by Crippen LogP contribution is 2.21. The molecule has 0 unspecified atom stereocenters. The Labute approximate surface area is 149 Å². The van der Waals surface area contributed by atoms with E-state index in [1.165, 1.54) is 4.31 Å². The van der Waals surface area contributed by atoms with Crippen molar-refractivity contribution in [2.75, 3.05) is 39.4 Å². The Morgan fingerprint density at radius 1 is 1.08 bits per heavy atom. The molecule has 1 aromatic carbocycles. The van der Waals surface area contributed by atoms with Crippen LogP contribution >= 0.6 is 0 Å². The molecule has 1 aliphatic heterocycles. The molecule has 1 aromatic rings. The van der Waals surface area contributed by atoms with Gasteiger partial charge in [-0.05, 0) is 44.0 Å². The number of hydrogen-bond acceptors (Lipinski definition) is 5. The highest BCUT2D eigenvalue weighted by atomic mass is 32.2. The lowest BCUT2D eigenvalue weighted by atomic mass is 10.3. The second-order valence-electron chi connectivity index (χ2n) is 5.76. The van der Waals surface area contributed by atoms with Crippen molar-refractivity contribution in [2.45, 2.75) is 31.6 Å². The number of nitrogens with zero attached hydrogens (tertiary/aromatic N) is 2. The van der Waals surface area contributed by atoms with Crippen LogP contribution in [0.1, 0.15) is 26.7 Å². The lowest BCUT2D eigenvalue weighted by Gasteiger charge is -2.21. The molecule has 0 saturated carbocycles. The molecule has 0 N–H and O–H groups in total. The zero-order valence-electron chi connectivity index (χ0n) is 14.8. The number of ether oxygens (including phenoxy) is 2. The van der Waals surface area contributed by atoms with Gasteiger partial charge in [0.25, 0.3) is 0 Å². The molecule has 7 nitrogen and oxygen atoms in total. The Balaban J connectivity index is 2.05. The van der Waals surface area contributed by atoms with Crippen LogP contribution in [0.4, 0.5) is 4.79 Å². The van der Waals surface area contributed by atoms with Crippen LogP contribution in [0.15, 0.2) is 29.2 Å². The molecule has 25 heavy (non-hydrogen) atoms. The second-order valence-corrected chi connectivity index (χ2v) is 7.70. The molecule has 2 rings (SSSR count). The molecule has 1 amide bonds. The summed E-state index contributed by atoms with van der Waals surface area (Å²) in [5, 5.41) is 0. The number of hydrogen-bond donors (Lipinski definition) is 0. The zero-order valence-corrected chi connectivity index (χ0v) is 15.6. The fourth-order valence-corrected chi connectivity index (χ4v) is 4.08. The number of benzene rings is 1. The van der Waals surface area contributed by atoms with Crippen LogP contribution in [0.25, 0.3) is 0 Å². The van der Waals surface area contributed by atoms with E-state index in [0.29, 0.717) is 45.0 Å². The fraction of sp³-hybridized carbons (Fsp3) is 0.588. The van der Waals surface area contributed by atoms with E-state index in [-0.39, 0.29) is 17.5 Å². The summed E-state index contributed by atoms with van der Waals surface area (Å²) < 4.78 is 37.5. The summed E-state index contributed by atoms with van der Waals surface area (Å²) in [5.74, 6) is 0.658. The van der Waals surface area contributed by atoms with Crippen LogP contribution in [0.5, 0.6) is 5.75 Å². The molecule has 0 aromatic heterocycles. The van der Waals surface area contributed by atoms with Gasteiger partial charge in [0.15, 0.2) is 0 Å². The molecular weight excluding hydrogens is 344 g/mol. The number of carbonyl (C=O) groups excluding carboxylic acids is 1. The maximum absolute atomic E-state index is 12.8. The highest BCUT2D eigenvalue weighted by Gasteiger charge is 2.28. The average Bonchev–Trinajstić information content (AvgIpc) is 2.87. The highest BCUT2D eigenvalue weighted by molar-refractivity contribution is 7.89. The van der Waals surface area contributed by atoms with Crippen molar-refractivity contribution in [1.82, 2.24) is 9.21 Å². The molecule has 0 radical (unpaired) electrons. The van der Waals surface area contributed by atoms with E-state index in [9.17, 15) is 13.2 Å². The molecule has 140 valence electrons. The van der Waals surface area contributed by atoms with Crippen molar-refractivity contribution in [3.05, 3.63) is 24.3 Å². The third-order valence-electron chi connectivity index (χ3n) is 3.92. The third kappa shape index (κ3) is 5.09. The molecular formula is C17H26N2O5S. The second kappa shape index (κ2) is 9.05. The minimum absolute atomic E-state index is 0.237. The van der Waals surface area contributed by atoms with E-state index in [1.807, 2.05) is 6.92 Å². The predicted molar refractivity (Wildman–Crippen MR) is 94.2 cm³/mol. The standard InChI is InChI=1S/C17H26N2O5S/c1-3-14-24-15-6-8-16(9-7-15)25(21,22)19-11-5-10-18(12-13-19)17(20)23-4-2/h6-9H,3-5,10-14H2,1-2H3. The van der Waals surface area contributed by atoms with Gasteiger partial charge in [-0.15, -0.1) is 0 Å². The van der Waals surface area contributed by atoms with Crippen molar-refractivity contribution in [3.8, 4) is 5.75 Å². The minimum Gasteiger partial charge on any atom is -0.494 e. The Morgan fingerprint density at radius 2 is 1.80 bits per heavy atom. The number of carbonyl (C=O) groups is 1. The first-order chi connectivity index (χ1) is 12.0. The summed E-state index contributed by atoms with van der Waals surface area (Å²) in [6.07, 6.45) is 1.08. The molecule has 0 atom stereocenters. The average molecular weight is 370 g/mol. The molecule has 0 bridgehead atoms. The largest absolute Gasteiger partial charge is 0.494 e. The molecule has 1 heterocycles. The van der Waals surface area contributed by atoms with Crippen molar-refractivity contribution >= 4 is 16.1 Å². The predicted octanol–water partition coefficient (Wildman–Crippen LogP) is 2.33. The summed E-state index contributed by atoms with van der Waals surface area (Å²) in [5.41, 5.74) is 0. The van der Waals surface area contributed by atoms with Crippen LogP contribution in [-0.2, 0) is 14.8 Å². The van der Waals surface area contributed by atoms with Crippen LogP contribution in [0.2, 0.25) is 0 Å². The van der Waals surface area contributed by atoms with Gasteiger partial charge in [-0.25, -0.2) is 13.2 Å². The maximum atomic E-state index is 12.8. The Bertz CT molecular complexity index is 660. The van der Waals surface area contributed by atoms with Gasteiger partial charge < -0.3 is 14.4 Å². The first-order valence-electron chi connectivity index (χ1n) is 8.63. The van der Waals surface area contributed by atoms with Crippen molar-refractivity contribution in [3.63, 3.8) is 0 Å². The van der Waals surface area contributed by atoms with Gasteiger partial charge in [-0.2, -0.15) is 4.31 Å². The number of sulfonamides is 1. The topological polar surface area (TPSA) is 76.2 Å². The van der Waals surface area contributed by atoms with E-state index in [2.05, 4.69) is 0 Å². The van der Waals surface area contributed by atoms with Crippen molar-refractivity contribution < 1.29 is 22.7 Å². The fourth-order valence-electron chi connectivity index (χ4n) is 2.61. The molecule has 1 fully saturated rings. The van der Waals surface area contributed by atoms with E-state index < -0.39 is 10.0 Å². The van der Waals surface area contributed by atoms with Gasteiger partial charge in [0.05, 0.1) is 18.1 Å². The third-order valence-corrected chi connectivity index (χ3v) is 5.83. The monoisotopic (exact) mass is 370 g/mol. The Kier molecular flexibility index (Phi) is 7.07. The first kappa shape index (κ1) is 19.5. The van der Waals surface area contributed by atoms with Crippen LogP contribution in [-0.4, -0.2) is 63.1 Å². The normalized spacial score (nSPS) is 16.3. The van der Waals surface area contributed by atoms with Crippen molar-refractivity contribution in [1.29, 1.82) is 0 Å². The van der Waals surface area contributed by atoms with E-state index in [4.69, 9.17) is 9.47 Å². The van der Waals surface area contributed by atoms with Crippen molar-refractivity contribution in [2.24, 2.45) is 0 Å². The van der Waals surface area contributed by atoms with Gasteiger partial charge >= 0.3 is 6.09 Å². The zero-order chi connectivity index (χ0) is 18.3. The number of amides is 1. The van der Waals surface area contributed by atoms with E-state index >= 15 is 0 Å². The van der Waals surface area contributed by atoms with E-state index in [1.54, 1.807) is 36.1 Å². The van der Waals surface area contributed by atoms with E-state index in [0.717, 1.165) is 6.42 Å². The SMILES string of the molecule is CCCOc1ccc(S(=O)(=O)N2CCCN(C(=O)OCC)CC2)cc1. The molecule has 0 spiro atoms. The number of rotatable bonds is 6. The Morgan fingerprint density at radius 3 is 2.44 bits per heavy atom. The quantitative estimate of drug-likeness (QED) is 0.768. The van der Waals surface area contributed by atoms with Gasteiger partial charge in [0.2, 0.25) is 10.0 Å². The summed E-state index contributed by atoms with van der Waals surface area (Å²) in [7, 11) is -3.59. The summed E-state index contributed by atoms with van der Waals surface area (Å²) in [6.45, 7) is 6.13. The van der Waals surface area contributed by atoms with Gasteiger partial charge in [-0.3, -0.25) is 0 Å². The Hall–Kier alpha value is -1.80. The molecule has 1 aliphatic rings. The first-order valence-corrected chi connectivity index (χ1v) is 10.1. The van der Waals surface area contributed by atoms with Gasteiger partial charge in [-0.1, -0.05) is 6.92 Å². The lowest BCUT2D eigenvalue weighted by Crippen LogP contribution is -2.37. The molecule has 8 heteroatoms. The van der Waals surface area contributed by atoms with Gasteiger partial charge in [0.1, 0.15) is 5.75 Å². The summed E-state index contributed by atoms with van der Waals surface area (Å²) in [6, 6.07) is 6.47.